The predicted octanol–water partition coefficient (Wildman–Crippen LogP) is 3.23. The summed E-state index contributed by atoms with van der Waals surface area (Å²) < 4.78 is 5.18. The Hall–Kier alpha value is -2.49. The molecule has 4 nitrogen and oxygen atoms in total. The number of hydrogen-bond donors (Lipinski definition) is 2. The minimum absolute atomic E-state index is 0.103. The zero-order valence-corrected chi connectivity index (χ0v) is 13.3. The van der Waals surface area contributed by atoms with Gasteiger partial charge in [-0.3, -0.25) is 0 Å². The van der Waals surface area contributed by atoms with Gasteiger partial charge in [-0.25, -0.2) is 4.79 Å². The summed E-state index contributed by atoms with van der Waals surface area (Å²) in [5.41, 5.74) is 2.16. The van der Waals surface area contributed by atoms with Gasteiger partial charge in [0.1, 0.15) is 5.75 Å². The molecule has 0 aliphatic heterocycles. The largest absolute Gasteiger partial charge is 0.497 e. The molecule has 1 aliphatic rings. The van der Waals surface area contributed by atoms with Crippen molar-refractivity contribution in [3.63, 3.8) is 0 Å². The van der Waals surface area contributed by atoms with Gasteiger partial charge in [0.2, 0.25) is 0 Å². The summed E-state index contributed by atoms with van der Waals surface area (Å²) in [6.45, 7) is 0.633. The maximum absolute atomic E-state index is 12.1. The first-order valence-corrected chi connectivity index (χ1v) is 7.96. The number of urea groups is 1. The minimum Gasteiger partial charge on any atom is -0.497 e. The van der Waals surface area contributed by atoms with Crippen LogP contribution in [-0.4, -0.2) is 19.7 Å². The molecule has 3 rings (SSSR count). The Kier molecular flexibility index (Phi) is 4.51. The van der Waals surface area contributed by atoms with Crippen molar-refractivity contribution in [1.82, 2.24) is 10.6 Å². The summed E-state index contributed by atoms with van der Waals surface area (Å²) in [5.74, 6) is 0.830. The minimum atomic E-state index is -0.205. The average Bonchev–Trinajstić information content (AvgIpc) is 3.36. The van der Waals surface area contributed by atoms with Crippen molar-refractivity contribution in [2.45, 2.75) is 24.8 Å². The number of nitrogens with one attached hydrogen (secondary N) is 2. The van der Waals surface area contributed by atoms with Gasteiger partial charge in [0.25, 0.3) is 0 Å². The second-order valence-corrected chi connectivity index (χ2v) is 5.93. The molecule has 2 aromatic carbocycles. The van der Waals surface area contributed by atoms with Crippen molar-refractivity contribution in [1.29, 1.82) is 0 Å². The molecule has 4 heteroatoms. The number of hydrogen-bond acceptors (Lipinski definition) is 2. The number of benzene rings is 2. The summed E-state index contributed by atoms with van der Waals surface area (Å²) in [5, 5.41) is 6.06. The third kappa shape index (κ3) is 3.83. The van der Waals surface area contributed by atoms with Gasteiger partial charge in [-0.05, 0) is 42.5 Å². The van der Waals surface area contributed by atoms with Crippen molar-refractivity contribution < 1.29 is 9.53 Å². The van der Waals surface area contributed by atoms with Gasteiger partial charge in [-0.15, -0.1) is 0 Å². The van der Waals surface area contributed by atoms with Crippen molar-refractivity contribution >= 4 is 6.03 Å². The Bertz CT molecular complexity index is 649. The predicted molar refractivity (Wildman–Crippen MR) is 90.6 cm³/mol. The lowest BCUT2D eigenvalue weighted by atomic mass is 10.1. The average molecular weight is 310 g/mol. The molecular formula is C19H22N2O2. The van der Waals surface area contributed by atoms with Crippen LogP contribution in [0.5, 0.6) is 5.75 Å². The SMILES string of the molecule is COc1ccc(C2(NC(=O)NCCc3ccccc3)CC2)cc1. The highest BCUT2D eigenvalue weighted by atomic mass is 16.5. The molecule has 1 aliphatic carbocycles. The Morgan fingerprint density at radius 3 is 2.39 bits per heavy atom. The molecule has 0 unspecified atom stereocenters. The van der Waals surface area contributed by atoms with Crippen LogP contribution in [0, 0.1) is 0 Å². The second kappa shape index (κ2) is 6.73. The molecule has 1 fully saturated rings. The second-order valence-electron chi connectivity index (χ2n) is 5.93. The third-order valence-corrected chi connectivity index (χ3v) is 4.29. The van der Waals surface area contributed by atoms with Gasteiger partial charge in [0.05, 0.1) is 12.6 Å². The first kappa shape index (κ1) is 15.4. The van der Waals surface area contributed by atoms with Crippen LogP contribution in [0.25, 0.3) is 0 Å². The van der Waals surface area contributed by atoms with E-state index in [-0.39, 0.29) is 11.6 Å². The lowest BCUT2D eigenvalue weighted by molar-refractivity contribution is 0.236. The van der Waals surface area contributed by atoms with E-state index in [0.29, 0.717) is 6.54 Å². The van der Waals surface area contributed by atoms with Crippen LogP contribution in [0.15, 0.2) is 54.6 Å². The fourth-order valence-corrected chi connectivity index (χ4v) is 2.75. The van der Waals surface area contributed by atoms with Crippen molar-refractivity contribution in [3.05, 3.63) is 65.7 Å². The lowest BCUT2D eigenvalue weighted by Gasteiger charge is -2.19. The zero-order chi connectivity index (χ0) is 16.1. The highest BCUT2D eigenvalue weighted by Crippen LogP contribution is 2.45. The van der Waals surface area contributed by atoms with Gasteiger partial charge >= 0.3 is 6.03 Å². The number of methoxy groups -OCH3 is 1. The summed E-state index contributed by atoms with van der Waals surface area (Å²) in [6, 6.07) is 18.0. The number of carbonyl (C=O) groups excluding carboxylic acids is 1. The Balaban J connectivity index is 1.50. The maximum atomic E-state index is 12.1. The topological polar surface area (TPSA) is 50.4 Å². The van der Waals surface area contributed by atoms with Gasteiger partial charge in [-0.1, -0.05) is 42.5 Å². The van der Waals surface area contributed by atoms with Crippen LogP contribution in [0.3, 0.4) is 0 Å². The monoisotopic (exact) mass is 310 g/mol. The zero-order valence-electron chi connectivity index (χ0n) is 13.3. The van der Waals surface area contributed by atoms with Crippen LogP contribution in [0.4, 0.5) is 4.79 Å². The van der Waals surface area contributed by atoms with E-state index < -0.39 is 0 Å². The Morgan fingerprint density at radius 2 is 1.78 bits per heavy atom. The van der Waals surface area contributed by atoms with E-state index in [0.717, 1.165) is 30.6 Å². The van der Waals surface area contributed by atoms with E-state index in [9.17, 15) is 4.79 Å². The Labute approximate surface area is 136 Å². The van der Waals surface area contributed by atoms with E-state index in [4.69, 9.17) is 4.74 Å². The van der Waals surface area contributed by atoms with Crippen molar-refractivity contribution in [2.75, 3.05) is 13.7 Å². The lowest BCUT2D eigenvalue weighted by Crippen LogP contribution is -2.42. The number of ether oxygens (including phenoxy) is 1. The molecule has 120 valence electrons. The fourth-order valence-electron chi connectivity index (χ4n) is 2.75. The van der Waals surface area contributed by atoms with Crippen molar-refractivity contribution in [2.24, 2.45) is 0 Å². The van der Waals surface area contributed by atoms with Crippen LogP contribution in [0.2, 0.25) is 0 Å². The third-order valence-electron chi connectivity index (χ3n) is 4.29. The molecule has 23 heavy (non-hydrogen) atoms. The highest BCUT2D eigenvalue weighted by Gasteiger charge is 2.45. The van der Waals surface area contributed by atoms with Crippen LogP contribution in [-0.2, 0) is 12.0 Å². The van der Waals surface area contributed by atoms with Gasteiger partial charge in [0.15, 0.2) is 0 Å². The number of rotatable bonds is 6. The first-order chi connectivity index (χ1) is 11.2. The maximum Gasteiger partial charge on any atom is 0.315 e. The van der Waals surface area contributed by atoms with E-state index in [1.54, 1.807) is 7.11 Å². The van der Waals surface area contributed by atoms with Gasteiger partial charge in [-0.2, -0.15) is 0 Å². The standard InChI is InChI=1S/C19H22N2O2/c1-23-17-9-7-16(8-10-17)19(12-13-19)21-18(22)20-14-11-15-5-3-2-4-6-15/h2-10H,11-14H2,1H3,(H2,20,21,22). The summed E-state index contributed by atoms with van der Waals surface area (Å²) in [4.78, 5) is 12.1. The molecule has 2 aromatic rings. The molecule has 0 bridgehead atoms. The van der Waals surface area contributed by atoms with Crippen LogP contribution < -0.4 is 15.4 Å². The first-order valence-electron chi connectivity index (χ1n) is 7.96. The summed E-state index contributed by atoms with van der Waals surface area (Å²) >= 11 is 0. The molecule has 0 spiro atoms. The number of carbonyl (C=O) groups is 1. The van der Waals surface area contributed by atoms with E-state index in [2.05, 4.69) is 22.8 Å². The quantitative estimate of drug-likeness (QED) is 0.860. The summed E-state index contributed by atoms with van der Waals surface area (Å²) in [7, 11) is 1.65. The van der Waals surface area contributed by atoms with Gasteiger partial charge < -0.3 is 15.4 Å². The molecule has 2 N–H and O–H groups in total. The smallest absolute Gasteiger partial charge is 0.315 e. The molecule has 0 heterocycles. The Morgan fingerprint density at radius 1 is 1.09 bits per heavy atom. The molecule has 0 atom stereocenters. The van der Waals surface area contributed by atoms with E-state index in [1.165, 1.54) is 5.56 Å². The molecule has 2 amide bonds. The summed E-state index contributed by atoms with van der Waals surface area (Å²) in [6.07, 6.45) is 2.79. The molecule has 0 saturated heterocycles. The molecule has 0 radical (unpaired) electrons. The number of amides is 2. The van der Waals surface area contributed by atoms with E-state index in [1.807, 2.05) is 42.5 Å². The normalized spacial score (nSPS) is 14.8. The van der Waals surface area contributed by atoms with Crippen LogP contribution >= 0.6 is 0 Å². The molecule has 1 saturated carbocycles. The van der Waals surface area contributed by atoms with Crippen molar-refractivity contribution in [3.8, 4) is 5.75 Å². The van der Waals surface area contributed by atoms with Gasteiger partial charge in [0, 0.05) is 6.54 Å². The molecule has 0 aromatic heterocycles. The fraction of sp³-hybridized carbons (Fsp3) is 0.316. The van der Waals surface area contributed by atoms with Crippen LogP contribution in [0.1, 0.15) is 24.0 Å². The highest BCUT2D eigenvalue weighted by molar-refractivity contribution is 5.75. The molecular weight excluding hydrogens is 288 g/mol. The van der Waals surface area contributed by atoms with E-state index >= 15 is 0 Å².